The molecule has 30 heavy (non-hydrogen) atoms. The highest BCUT2D eigenvalue weighted by Crippen LogP contribution is 2.24. The molecule has 156 valence electrons. The van der Waals surface area contributed by atoms with Crippen LogP contribution in [0.2, 0.25) is 0 Å². The standard InChI is InChI=1S/C23H24FN3O2S/c1-17(29-21-9-7-19(24)8-10-21)23(28)27-13-11-26(12-14-27)15-20-16-30-22(25-20)18-5-3-2-4-6-18/h2-10,16-17H,11-15H2,1H3/t17-/m1/s1. The number of amides is 1. The highest BCUT2D eigenvalue weighted by molar-refractivity contribution is 7.13. The van der Waals surface area contributed by atoms with Gasteiger partial charge < -0.3 is 9.64 Å². The van der Waals surface area contributed by atoms with Crippen LogP contribution in [0.1, 0.15) is 12.6 Å². The smallest absolute Gasteiger partial charge is 0.263 e. The minimum absolute atomic E-state index is 0.0426. The molecule has 0 saturated carbocycles. The molecule has 0 unspecified atom stereocenters. The maximum atomic E-state index is 13.0. The number of aromatic nitrogens is 1. The maximum Gasteiger partial charge on any atom is 0.263 e. The van der Waals surface area contributed by atoms with Gasteiger partial charge in [-0.2, -0.15) is 0 Å². The normalized spacial score (nSPS) is 15.7. The number of rotatable bonds is 6. The summed E-state index contributed by atoms with van der Waals surface area (Å²) in [6.45, 7) is 5.43. The highest BCUT2D eigenvalue weighted by Gasteiger charge is 2.26. The molecular weight excluding hydrogens is 401 g/mol. The fourth-order valence-corrected chi connectivity index (χ4v) is 4.29. The van der Waals surface area contributed by atoms with Gasteiger partial charge in [0, 0.05) is 43.7 Å². The van der Waals surface area contributed by atoms with Crippen LogP contribution in [0.5, 0.6) is 5.75 Å². The maximum absolute atomic E-state index is 13.0. The van der Waals surface area contributed by atoms with Gasteiger partial charge in [-0.1, -0.05) is 30.3 Å². The van der Waals surface area contributed by atoms with Gasteiger partial charge >= 0.3 is 0 Å². The predicted molar refractivity (Wildman–Crippen MR) is 116 cm³/mol. The highest BCUT2D eigenvalue weighted by atomic mass is 32.1. The largest absolute Gasteiger partial charge is 0.481 e. The van der Waals surface area contributed by atoms with Crippen LogP contribution in [-0.4, -0.2) is 53.0 Å². The molecule has 5 nitrogen and oxygen atoms in total. The summed E-state index contributed by atoms with van der Waals surface area (Å²) in [4.78, 5) is 21.6. The summed E-state index contributed by atoms with van der Waals surface area (Å²) in [7, 11) is 0. The molecule has 7 heteroatoms. The third-order valence-corrected chi connectivity index (χ3v) is 6.06. The second kappa shape index (κ2) is 9.36. The number of ether oxygens (including phenoxy) is 1. The number of hydrogen-bond donors (Lipinski definition) is 0. The first-order valence-electron chi connectivity index (χ1n) is 10.0. The van der Waals surface area contributed by atoms with E-state index in [1.54, 1.807) is 18.3 Å². The lowest BCUT2D eigenvalue weighted by Crippen LogP contribution is -2.51. The Kier molecular flexibility index (Phi) is 6.40. The minimum Gasteiger partial charge on any atom is -0.481 e. The molecule has 0 bridgehead atoms. The van der Waals surface area contributed by atoms with Crippen LogP contribution in [0.15, 0.2) is 60.0 Å². The fraction of sp³-hybridized carbons (Fsp3) is 0.304. The number of benzene rings is 2. The van der Waals surface area contributed by atoms with Crippen molar-refractivity contribution in [2.45, 2.75) is 19.6 Å². The van der Waals surface area contributed by atoms with E-state index in [1.807, 2.05) is 23.1 Å². The summed E-state index contributed by atoms with van der Waals surface area (Å²) in [5, 5.41) is 3.14. The van der Waals surface area contributed by atoms with E-state index in [1.165, 1.54) is 24.3 Å². The number of halogens is 1. The average molecular weight is 426 g/mol. The van der Waals surface area contributed by atoms with Crippen LogP contribution in [0.3, 0.4) is 0 Å². The first-order chi connectivity index (χ1) is 14.6. The third-order valence-electron chi connectivity index (χ3n) is 5.12. The van der Waals surface area contributed by atoms with Crippen LogP contribution in [-0.2, 0) is 11.3 Å². The van der Waals surface area contributed by atoms with Crippen molar-refractivity contribution in [2.24, 2.45) is 0 Å². The molecule has 4 rings (SSSR count). The molecular formula is C23H24FN3O2S. The molecule has 1 aliphatic heterocycles. The lowest BCUT2D eigenvalue weighted by molar-refractivity contribution is -0.139. The second-order valence-corrected chi connectivity index (χ2v) is 8.18. The van der Waals surface area contributed by atoms with Crippen LogP contribution in [0.4, 0.5) is 4.39 Å². The Balaban J connectivity index is 1.27. The number of nitrogens with zero attached hydrogens (tertiary/aromatic N) is 3. The zero-order valence-electron chi connectivity index (χ0n) is 16.8. The number of thiazole rings is 1. The number of piperazine rings is 1. The zero-order chi connectivity index (χ0) is 20.9. The van der Waals surface area contributed by atoms with Crippen LogP contribution >= 0.6 is 11.3 Å². The molecule has 1 saturated heterocycles. The lowest BCUT2D eigenvalue weighted by atomic mass is 10.2. The minimum atomic E-state index is -0.603. The molecule has 1 atom stereocenters. The Bertz CT molecular complexity index is 970. The molecule has 0 aliphatic carbocycles. The monoisotopic (exact) mass is 425 g/mol. The first-order valence-corrected chi connectivity index (χ1v) is 10.9. The van der Waals surface area contributed by atoms with Crippen LogP contribution < -0.4 is 4.74 Å². The summed E-state index contributed by atoms with van der Waals surface area (Å²) < 4.78 is 18.7. The van der Waals surface area contributed by atoms with E-state index < -0.39 is 6.10 Å². The summed E-state index contributed by atoms with van der Waals surface area (Å²) in [6, 6.07) is 15.9. The molecule has 1 aromatic heterocycles. The molecule has 0 spiro atoms. The third kappa shape index (κ3) is 5.04. The number of carbonyl (C=O) groups excluding carboxylic acids is 1. The molecule has 1 amide bonds. The van der Waals surface area contributed by atoms with E-state index >= 15 is 0 Å². The van der Waals surface area contributed by atoms with Gasteiger partial charge in [-0.15, -0.1) is 11.3 Å². The van der Waals surface area contributed by atoms with Crippen molar-refractivity contribution < 1.29 is 13.9 Å². The van der Waals surface area contributed by atoms with Gasteiger partial charge in [0.15, 0.2) is 6.10 Å². The van der Waals surface area contributed by atoms with Crippen LogP contribution in [0.25, 0.3) is 10.6 Å². The lowest BCUT2D eigenvalue weighted by Gasteiger charge is -2.35. The van der Waals surface area contributed by atoms with Gasteiger partial charge in [0.1, 0.15) is 16.6 Å². The van der Waals surface area contributed by atoms with Crippen LogP contribution in [0, 0.1) is 5.82 Å². The van der Waals surface area contributed by atoms with Crippen molar-refractivity contribution in [2.75, 3.05) is 26.2 Å². The molecule has 1 fully saturated rings. The molecule has 0 radical (unpaired) electrons. The van der Waals surface area contributed by atoms with Crippen molar-refractivity contribution in [3.05, 3.63) is 71.5 Å². The zero-order valence-corrected chi connectivity index (χ0v) is 17.6. The molecule has 3 aromatic rings. The van der Waals surface area contributed by atoms with E-state index in [0.29, 0.717) is 18.8 Å². The van der Waals surface area contributed by atoms with Crippen molar-refractivity contribution >= 4 is 17.2 Å². The summed E-state index contributed by atoms with van der Waals surface area (Å²) in [5.41, 5.74) is 2.20. The van der Waals surface area contributed by atoms with E-state index in [-0.39, 0.29) is 11.7 Å². The Morgan fingerprint density at radius 2 is 1.80 bits per heavy atom. The van der Waals surface area contributed by atoms with E-state index in [2.05, 4.69) is 22.4 Å². The Morgan fingerprint density at radius 1 is 1.10 bits per heavy atom. The van der Waals surface area contributed by atoms with E-state index in [9.17, 15) is 9.18 Å². The summed E-state index contributed by atoms with van der Waals surface area (Å²) >= 11 is 1.66. The van der Waals surface area contributed by atoms with Gasteiger partial charge in [0.25, 0.3) is 5.91 Å². The molecule has 2 aromatic carbocycles. The Labute approximate surface area is 179 Å². The predicted octanol–water partition coefficient (Wildman–Crippen LogP) is 4.06. The van der Waals surface area contributed by atoms with Gasteiger partial charge in [0.2, 0.25) is 0 Å². The summed E-state index contributed by atoms with van der Waals surface area (Å²) in [6.07, 6.45) is -0.603. The second-order valence-electron chi connectivity index (χ2n) is 7.33. The van der Waals surface area contributed by atoms with Gasteiger partial charge in [0.05, 0.1) is 5.69 Å². The van der Waals surface area contributed by atoms with Crippen molar-refractivity contribution in [1.29, 1.82) is 0 Å². The molecule has 1 aliphatic rings. The van der Waals surface area contributed by atoms with E-state index in [0.717, 1.165) is 35.9 Å². The van der Waals surface area contributed by atoms with Gasteiger partial charge in [-0.3, -0.25) is 9.69 Å². The van der Waals surface area contributed by atoms with E-state index in [4.69, 9.17) is 9.72 Å². The quantitative estimate of drug-likeness (QED) is 0.598. The van der Waals surface area contributed by atoms with Gasteiger partial charge in [-0.05, 0) is 31.2 Å². The topological polar surface area (TPSA) is 45.7 Å². The number of carbonyl (C=O) groups is 1. The average Bonchev–Trinajstić information content (AvgIpc) is 3.24. The first kappa shape index (κ1) is 20.5. The molecule has 2 heterocycles. The van der Waals surface area contributed by atoms with Crippen molar-refractivity contribution in [3.8, 4) is 16.3 Å². The Hall–Kier alpha value is -2.77. The molecule has 0 N–H and O–H groups in total. The van der Waals surface area contributed by atoms with Crippen molar-refractivity contribution in [3.63, 3.8) is 0 Å². The Morgan fingerprint density at radius 3 is 2.50 bits per heavy atom. The number of hydrogen-bond acceptors (Lipinski definition) is 5. The summed E-state index contributed by atoms with van der Waals surface area (Å²) in [5.74, 6) is 0.126. The van der Waals surface area contributed by atoms with Crippen molar-refractivity contribution in [1.82, 2.24) is 14.8 Å². The fourth-order valence-electron chi connectivity index (χ4n) is 3.47. The van der Waals surface area contributed by atoms with Gasteiger partial charge in [-0.25, -0.2) is 9.37 Å². The SMILES string of the molecule is C[C@@H](Oc1ccc(F)cc1)C(=O)N1CCN(Cc2csc(-c3ccccc3)n2)CC1.